The molecule has 1 aromatic carbocycles. The fourth-order valence-corrected chi connectivity index (χ4v) is 4.86. The van der Waals surface area contributed by atoms with Crippen LogP contribution in [0.25, 0.3) is 0 Å². The standard InChI is InChI=1S/C14H19N3O2S2/c1-5-12-10(4)20-14(16-12)17-21(18,19)13-8(2)6-7-11(15)9(13)3/h6-7H,5,15H2,1-4H3,(H,16,17). The van der Waals surface area contributed by atoms with Crippen molar-refractivity contribution in [1.82, 2.24) is 4.98 Å². The quantitative estimate of drug-likeness (QED) is 0.846. The Kier molecular flexibility index (Phi) is 4.25. The zero-order chi connectivity index (χ0) is 15.8. The van der Waals surface area contributed by atoms with Gasteiger partial charge in [0.05, 0.1) is 10.6 Å². The summed E-state index contributed by atoms with van der Waals surface area (Å²) in [6, 6.07) is 3.42. The topological polar surface area (TPSA) is 85.1 Å². The van der Waals surface area contributed by atoms with Crippen molar-refractivity contribution in [3.05, 3.63) is 33.8 Å². The molecule has 0 amide bonds. The van der Waals surface area contributed by atoms with Crippen molar-refractivity contribution < 1.29 is 8.42 Å². The number of sulfonamides is 1. The van der Waals surface area contributed by atoms with Crippen molar-refractivity contribution in [2.45, 2.75) is 39.0 Å². The van der Waals surface area contributed by atoms with Gasteiger partial charge < -0.3 is 5.73 Å². The predicted octanol–water partition coefficient (Wildman–Crippen LogP) is 3.01. The Labute approximate surface area is 129 Å². The number of aryl methyl sites for hydroxylation is 3. The summed E-state index contributed by atoms with van der Waals surface area (Å²) in [4.78, 5) is 5.57. The Balaban J connectivity index is 2.45. The van der Waals surface area contributed by atoms with Crippen molar-refractivity contribution in [3.8, 4) is 0 Å². The number of nitrogen functional groups attached to an aromatic ring is 1. The number of anilines is 2. The molecule has 0 spiro atoms. The maximum atomic E-state index is 12.6. The van der Waals surface area contributed by atoms with Gasteiger partial charge in [-0.05, 0) is 44.4 Å². The van der Waals surface area contributed by atoms with Gasteiger partial charge in [0, 0.05) is 10.6 Å². The molecular formula is C14H19N3O2S2. The molecule has 5 nitrogen and oxygen atoms in total. The normalized spacial score (nSPS) is 11.6. The molecule has 21 heavy (non-hydrogen) atoms. The molecule has 0 aliphatic carbocycles. The molecule has 0 radical (unpaired) electrons. The van der Waals surface area contributed by atoms with Crippen LogP contribution in [0.2, 0.25) is 0 Å². The molecule has 1 heterocycles. The van der Waals surface area contributed by atoms with E-state index in [0.717, 1.165) is 17.0 Å². The molecule has 3 N–H and O–H groups in total. The molecule has 1 aromatic heterocycles. The molecule has 114 valence electrons. The number of benzene rings is 1. The lowest BCUT2D eigenvalue weighted by molar-refractivity contribution is 0.600. The summed E-state index contributed by atoms with van der Waals surface area (Å²) in [6.07, 6.45) is 0.778. The first-order chi connectivity index (χ1) is 9.76. The number of rotatable bonds is 4. The van der Waals surface area contributed by atoms with Crippen molar-refractivity contribution in [3.63, 3.8) is 0 Å². The zero-order valence-electron chi connectivity index (χ0n) is 12.5. The van der Waals surface area contributed by atoms with Crippen LogP contribution >= 0.6 is 11.3 Å². The molecule has 0 unspecified atom stereocenters. The minimum Gasteiger partial charge on any atom is -0.398 e. The van der Waals surface area contributed by atoms with Gasteiger partial charge in [-0.3, -0.25) is 4.72 Å². The lowest BCUT2D eigenvalue weighted by Crippen LogP contribution is -2.16. The van der Waals surface area contributed by atoms with E-state index >= 15 is 0 Å². The van der Waals surface area contributed by atoms with Crippen LogP contribution in [0.4, 0.5) is 10.8 Å². The van der Waals surface area contributed by atoms with Gasteiger partial charge in [-0.25, -0.2) is 13.4 Å². The first-order valence-electron chi connectivity index (χ1n) is 6.61. The summed E-state index contributed by atoms with van der Waals surface area (Å²) in [7, 11) is -3.69. The Morgan fingerprint density at radius 1 is 1.29 bits per heavy atom. The highest BCUT2D eigenvalue weighted by Gasteiger charge is 2.22. The Hall–Kier alpha value is -1.60. The number of nitrogens with one attached hydrogen (secondary N) is 1. The maximum Gasteiger partial charge on any atom is 0.264 e. The number of hydrogen-bond donors (Lipinski definition) is 2. The van der Waals surface area contributed by atoms with Crippen molar-refractivity contribution in [2.75, 3.05) is 10.5 Å². The molecular weight excluding hydrogens is 306 g/mol. The minimum absolute atomic E-state index is 0.230. The molecule has 0 fully saturated rings. The smallest absolute Gasteiger partial charge is 0.264 e. The van der Waals surface area contributed by atoms with Gasteiger partial charge in [0.1, 0.15) is 0 Å². The molecule has 0 aliphatic rings. The van der Waals surface area contributed by atoms with E-state index in [1.54, 1.807) is 26.0 Å². The van der Waals surface area contributed by atoms with Crippen LogP contribution in [0.1, 0.15) is 28.6 Å². The van der Waals surface area contributed by atoms with Crippen LogP contribution in [0.15, 0.2) is 17.0 Å². The summed E-state index contributed by atoms with van der Waals surface area (Å²) in [6.45, 7) is 7.39. The highest BCUT2D eigenvalue weighted by Crippen LogP contribution is 2.29. The van der Waals surface area contributed by atoms with Crippen LogP contribution in [-0.2, 0) is 16.4 Å². The van der Waals surface area contributed by atoms with Gasteiger partial charge in [-0.2, -0.15) is 0 Å². The van der Waals surface area contributed by atoms with E-state index < -0.39 is 10.0 Å². The van der Waals surface area contributed by atoms with E-state index in [4.69, 9.17) is 5.73 Å². The zero-order valence-corrected chi connectivity index (χ0v) is 14.2. The van der Waals surface area contributed by atoms with E-state index in [1.807, 2.05) is 13.8 Å². The predicted molar refractivity (Wildman–Crippen MR) is 87.4 cm³/mol. The van der Waals surface area contributed by atoms with Gasteiger partial charge in [-0.15, -0.1) is 11.3 Å². The average Bonchev–Trinajstić information content (AvgIpc) is 2.73. The van der Waals surface area contributed by atoms with Gasteiger partial charge in [0.2, 0.25) is 0 Å². The Morgan fingerprint density at radius 3 is 2.52 bits per heavy atom. The highest BCUT2D eigenvalue weighted by atomic mass is 32.2. The first kappa shape index (κ1) is 15.8. The van der Waals surface area contributed by atoms with Gasteiger partial charge in [-0.1, -0.05) is 13.0 Å². The third-order valence-electron chi connectivity index (χ3n) is 3.36. The van der Waals surface area contributed by atoms with E-state index in [1.165, 1.54) is 11.3 Å². The molecule has 0 bridgehead atoms. The van der Waals surface area contributed by atoms with Gasteiger partial charge >= 0.3 is 0 Å². The Bertz CT molecular complexity index is 780. The van der Waals surface area contributed by atoms with Gasteiger partial charge in [0.25, 0.3) is 10.0 Å². The molecule has 2 rings (SSSR count). The summed E-state index contributed by atoms with van der Waals surface area (Å²) >= 11 is 1.34. The molecule has 7 heteroatoms. The average molecular weight is 325 g/mol. The second kappa shape index (κ2) is 5.65. The summed E-state index contributed by atoms with van der Waals surface area (Å²) in [5.74, 6) is 0. The van der Waals surface area contributed by atoms with Crippen LogP contribution in [-0.4, -0.2) is 13.4 Å². The SMILES string of the molecule is CCc1nc(NS(=O)(=O)c2c(C)ccc(N)c2C)sc1C. The maximum absolute atomic E-state index is 12.6. The first-order valence-corrected chi connectivity index (χ1v) is 8.91. The number of aromatic nitrogens is 1. The second-order valence-corrected chi connectivity index (χ2v) is 7.73. The van der Waals surface area contributed by atoms with Crippen molar-refractivity contribution >= 4 is 32.2 Å². The molecule has 2 aromatic rings. The molecule has 0 saturated carbocycles. The van der Waals surface area contributed by atoms with E-state index in [9.17, 15) is 8.42 Å². The van der Waals surface area contributed by atoms with Gasteiger partial charge in [0.15, 0.2) is 5.13 Å². The van der Waals surface area contributed by atoms with E-state index in [0.29, 0.717) is 21.9 Å². The highest BCUT2D eigenvalue weighted by molar-refractivity contribution is 7.93. The fourth-order valence-electron chi connectivity index (χ4n) is 2.22. The summed E-state index contributed by atoms with van der Waals surface area (Å²) in [5.41, 5.74) is 8.43. The largest absolute Gasteiger partial charge is 0.398 e. The Morgan fingerprint density at radius 2 is 1.95 bits per heavy atom. The van der Waals surface area contributed by atoms with Crippen molar-refractivity contribution in [2.24, 2.45) is 0 Å². The summed E-state index contributed by atoms with van der Waals surface area (Å²) < 4.78 is 27.8. The third kappa shape index (κ3) is 3.03. The lowest BCUT2D eigenvalue weighted by Gasteiger charge is -2.13. The minimum atomic E-state index is -3.69. The fraction of sp³-hybridized carbons (Fsp3) is 0.357. The molecule has 0 saturated heterocycles. The monoisotopic (exact) mass is 325 g/mol. The van der Waals surface area contributed by atoms with E-state index in [2.05, 4.69) is 9.71 Å². The van der Waals surface area contributed by atoms with Crippen LogP contribution in [0.3, 0.4) is 0 Å². The van der Waals surface area contributed by atoms with E-state index in [-0.39, 0.29) is 4.90 Å². The third-order valence-corrected chi connectivity index (χ3v) is 6.05. The lowest BCUT2D eigenvalue weighted by atomic mass is 10.1. The van der Waals surface area contributed by atoms with Crippen molar-refractivity contribution in [1.29, 1.82) is 0 Å². The van der Waals surface area contributed by atoms with Crippen LogP contribution in [0.5, 0.6) is 0 Å². The van der Waals surface area contributed by atoms with Crippen LogP contribution < -0.4 is 10.5 Å². The number of nitrogens with two attached hydrogens (primary N) is 1. The second-order valence-electron chi connectivity index (χ2n) is 4.91. The molecule has 0 aliphatic heterocycles. The molecule has 0 atom stereocenters. The van der Waals surface area contributed by atoms with Crippen LogP contribution in [0, 0.1) is 20.8 Å². The number of nitrogens with zero attached hydrogens (tertiary/aromatic N) is 1. The number of thiazole rings is 1. The number of hydrogen-bond acceptors (Lipinski definition) is 5. The summed E-state index contributed by atoms with van der Waals surface area (Å²) in [5, 5.41) is 0.394.